The van der Waals surface area contributed by atoms with Crippen LogP contribution in [0.4, 0.5) is 0 Å². The predicted octanol–water partition coefficient (Wildman–Crippen LogP) is 3.10. The fraction of sp³-hybridized carbons (Fsp3) is 0.412. The van der Waals surface area contributed by atoms with Crippen molar-refractivity contribution in [2.24, 2.45) is 17.2 Å². The van der Waals surface area contributed by atoms with Crippen molar-refractivity contribution >= 4 is 17.7 Å². The molecule has 0 saturated heterocycles. The van der Waals surface area contributed by atoms with Crippen molar-refractivity contribution in [3.63, 3.8) is 0 Å². The number of hydrogen-bond acceptors (Lipinski definition) is 7. The molecule has 0 aliphatic heterocycles. The van der Waals surface area contributed by atoms with E-state index in [4.69, 9.17) is 23.8 Å². The Balaban J connectivity index is 0.000000256. The second kappa shape index (κ2) is 13.5. The third-order valence-corrected chi connectivity index (χ3v) is 8.61. The van der Waals surface area contributed by atoms with E-state index in [0.717, 1.165) is 33.4 Å². The molecule has 13 heteroatoms. The fourth-order valence-electron chi connectivity index (χ4n) is 4.50. The SMILES string of the molecule is CC(C)(C(N)=O)c1cc(Cn2cncn2)cc(C(C)(C)C(N)=O)c1.[C-]#[N+]C(C)(C)c1cc(Cn2cncn2)cc(C(C)(C)C(N)=O)c1. The lowest BCUT2D eigenvalue weighted by Gasteiger charge is -2.27. The molecule has 6 N–H and O–H groups in total. The van der Waals surface area contributed by atoms with Crippen LogP contribution in [0.15, 0.2) is 61.7 Å². The maximum Gasteiger partial charge on any atom is 0.252 e. The number of carbonyl (C=O) groups excluding carboxylic acids is 3. The predicted molar refractivity (Wildman–Crippen MR) is 177 cm³/mol. The summed E-state index contributed by atoms with van der Waals surface area (Å²) in [6.45, 7) is 22.7. The molecule has 4 rings (SSSR count). The quantitative estimate of drug-likeness (QED) is 0.209. The Labute approximate surface area is 275 Å². The van der Waals surface area contributed by atoms with Gasteiger partial charge in [-0.1, -0.05) is 24.3 Å². The van der Waals surface area contributed by atoms with E-state index < -0.39 is 39.5 Å². The number of rotatable bonds is 11. The largest absolute Gasteiger partial charge is 0.369 e. The summed E-state index contributed by atoms with van der Waals surface area (Å²) in [5.74, 6) is -1.28. The summed E-state index contributed by atoms with van der Waals surface area (Å²) in [4.78, 5) is 47.1. The van der Waals surface area contributed by atoms with Gasteiger partial charge in [-0.15, -0.1) is 0 Å². The van der Waals surface area contributed by atoms with Crippen LogP contribution in [-0.4, -0.2) is 47.3 Å². The first-order chi connectivity index (χ1) is 21.7. The van der Waals surface area contributed by atoms with Crippen LogP contribution in [0.1, 0.15) is 88.8 Å². The highest BCUT2D eigenvalue weighted by atomic mass is 16.2. The normalized spacial score (nSPS) is 12.1. The molecule has 0 aliphatic rings. The van der Waals surface area contributed by atoms with E-state index in [9.17, 15) is 14.4 Å². The lowest BCUT2D eigenvalue weighted by Crippen LogP contribution is -2.38. The molecule has 13 nitrogen and oxygen atoms in total. The first-order valence-corrected chi connectivity index (χ1v) is 14.9. The van der Waals surface area contributed by atoms with Gasteiger partial charge in [0.25, 0.3) is 5.54 Å². The summed E-state index contributed by atoms with van der Waals surface area (Å²) in [6, 6.07) is 11.4. The van der Waals surface area contributed by atoms with Crippen LogP contribution >= 0.6 is 0 Å². The van der Waals surface area contributed by atoms with Gasteiger partial charge in [-0.05, 0) is 81.5 Å². The third-order valence-electron chi connectivity index (χ3n) is 8.61. The number of amides is 3. The first-order valence-electron chi connectivity index (χ1n) is 14.9. The Morgan fingerprint density at radius 1 is 0.617 bits per heavy atom. The minimum atomic E-state index is -0.874. The minimum absolute atomic E-state index is 0.401. The van der Waals surface area contributed by atoms with Crippen LogP contribution in [0, 0.1) is 6.57 Å². The van der Waals surface area contributed by atoms with Crippen LogP contribution < -0.4 is 17.2 Å². The lowest BCUT2D eigenvalue weighted by molar-refractivity contribution is -0.123. The van der Waals surface area contributed by atoms with Gasteiger partial charge in [0.05, 0.1) is 29.3 Å². The molecule has 47 heavy (non-hydrogen) atoms. The van der Waals surface area contributed by atoms with Gasteiger partial charge in [-0.3, -0.25) is 14.4 Å². The fourth-order valence-corrected chi connectivity index (χ4v) is 4.50. The third kappa shape index (κ3) is 8.26. The summed E-state index contributed by atoms with van der Waals surface area (Å²) in [5, 5.41) is 8.19. The zero-order valence-corrected chi connectivity index (χ0v) is 28.3. The molecule has 2 aromatic carbocycles. The van der Waals surface area contributed by atoms with Crippen LogP contribution in [-0.2, 0) is 49.3 Å². The van der Waals surface area contributed by atoms with Crippen molar-refractivity contribution in [2.75, 3.05) is 0 Å². The van der Waals surface area contributed by atoms with Gasteiger partial charge in [-0.2, -0.15) is 10.2 Å². The van der Waals surface area contributed by atoms with E-state index in [0.29, 0.717) is 13.1 Å². The summed E-state index contributed by atoms with van der Waals surface area (Å²) in [5.41, 5.74) is 18.4. The first kappa shape index (κ1) is 36.1. The molecule has 0 aliphatic carbocycles. The second-order valence-electron chi connectivity index (χ2n) is 13.7. The van der Waals surface area contributed by atoms with Crippen molar-refractivity contribution in [3.8, 4) is 0 Å². The Morgan fingerprint density at radius 3 is 1.21 bits per heavy atom. The van der Waals surface area contributed by atoms with E-state index in [1.165, 1.54) is 12.7 Å². The Kier molecular flexibility index (Phi) is 10.4. The number of aromatic nitrogens is 6. The summed E-state index contributed by atoms with van der Waals surface area (Å²) in [6.07, 6.45) is 6.16. The van der Waals surface area contributed by atoms with Crippen molar-refractivity contribution in [2.45, 2.75) is 90.3 Å². The zero-order chi connectivity index (χ0) is 35.4. The van der Waals surface area contributed by atoms with Crippen LogP contribution in [0.3, 0.4) is 0 Å². The molecule has 0 radical (unpaired) electrons. The van der Waals surface area contributed by atoms with Crippen LogP contribution in [0.2, 0.25) is 0 Å². The maximum absolute atomic E-state index is 11.8. The molecule has 0 saturated carbocycles. The monoisotopic (exact) mass is 640 g/mol. The number of primary amides is 3. The van der Waals surface area contributed by atoms with Crippen molar-refractivity contribution in [1.82, 2.24) is 29.5 Å². The molecule has 0 bridgehead atoms. The van der Waals surface area contributed by atoms with Gasteiger partial charge in [0.15, 0.2) is 0 Å². The topological polar surface area (TPSA) is 195 Å². The summed E-state index contributed by atoms with van der Waals surface area (Å²) in [7, 11) is 0. The van der Waals surface area contributed by atoms with E-state index in [1.807, 2.05) is 50.2 Å². The number of nitrogens with zero attached hydrogens (tertiary/aromatic N) is 7. The highest BCUT2D eigenvalue weighted by Crippen LogP contribution is 2.33. The van der Waals surface area contributed by atoms with Crippen molar-refractivity contribution in [1.29, 1.82) is 0 Å². The molecular weight excluding hydrogens is 596 g/mol. The average molecular weight is 641 g/mol. The maximum atomic E-state index is 11.8. The smallest absolute Gasteiger partial charge is 0.252 e. The molecule has 248 valence electrons. The van der Waals surface area contributed by atoms with Crippen LogP contribution in [0.5, 0.6) is 0 Å². The molecule has 0 unspecified atom stereocenters. The standard InChI is InChI=1S/C17H23N5O2.C17H21N5O/c1-16(2,14(18)23)12-5-11(8-22-10-20-9-21-22)6-13(7-12)17(3,4)15(19)24;1-16(2,15(18)23)13-6-12(9-22-11-20-10-21-22)7-14(8-13)17(3,4)19-5/h5-7,9-10H,8H2,1-4H3,(H2,18,23)(H2,19,24);6-8,10-11H,9H2,1-4H3,(H2,18,23). The molecule has 4 aromatic rings. The lowest BCUT2D eigenvalue weighted by atomic mass is 9.77. The molecule has 0 fully saturated rings. The summed E-state index contributed by atoms with van der Waals surface area (Å²) < 4.78 is 3.36. The van der Waals surface area contributed by atoms with E-state index in [1.54, 1.807) is 63.6 Å². The highest BCUT2D eigenvalue weighted by Gasteiger charge is 2.34. The molecular formula is C34H44N10O3. The van der Waals surface area contributed by atoms with Gasteiger partial charge in [-0.25, -0.2) is 25.9 Å². The molecule has 2 heterocycles. The molecule has 3 amide bonds. The number of hydrogen-bond donors (Lipinski definition) is 3. The molecule has 2 aromatic heterocycles. The van der Waals surface area contributed by atoms with E-state index in [-0.39, 0.29) is 0 Å². The van der Waals surface area contributed by atoms with Gasteiger partial charge in [0.1, 0.15) is 25.3 Å². The van der Waals surface area contributed by atoms with Crippen molar-refractivity contribution in [3.05, 3.63) is 107 Å². The molecule has 0 atom stereocenters. The van der Waals surface area contributed by atoms with Gasteiger partial charge < -0.3 is 22.0 Å². The van der Waals surface area contributed by atoms with E-state index in [2.05, 4.69) is 25.0 Å². The van der Waals surface area contributed by atoms with Gasteiger partial charge in [0.2, 0.25) is 17.7 Å². The Morgan fingerprint density at radius 2 is 0.936 bits per heavy atom. The number of carbonyl (C=O) groups is 3. The van der Waals surface area contributed by atoms with Gasteiger partial charge >= 0.3 is 0 Å². The van der Waals surface area contributed by atoms with Gasteiger partial charge in [0, 0.05) is 19.4 Å². The van der Waals surface area contributed by atoms with Crippen molar-refractivity contribution < 1.29 is 14.4 Å². The zero-order valence-electron chi connectivity index (χ0n) is 28.3. The minimum Gasteiger partial charge on any atom is -0.369 e. The Bertz CT molecular complexity index is 1740. The highest BCUT2D eigenvalue weighted by molar-refractivity contribution is 5.88. The number of nitrogens with two attached hydrogens (primary N) is 3. The second-order valence-corrected chi connectivity index (χ2v) is 13.7. The molecule has 0 spiro atoms. The van der Waals surface area contributed by atoms with Crippen LogP contribution in [0.25, 0.3) is 4.85 Å². The van der Waals surface area contributed by atoms with E-state index >= 15 is 0 Å². The number of benzene rings is 2. The summed E-state index contributed by atoms with van der Waals surface area (Å²) >= 11 is 0. The Hall–Kier alpha value is -5.38. The average Bonchev–Trinajstić information content (AvgIpc) is 3.71.